The van der Waals surface area contributed by atoms with Crippen molar-refractivity contribution in [1.29, 1.82) is 0 Å². The van der Waals surface area contributed by atoms with Gasteiger partial charge in [0.2, 0.25) is 0 Å². The second-order valence-electron chi connectivity index (χ2n) is 7.59. The van der Waals surface area contributed by atoms with Gasteiger partial charge in [0.15, 0.2) is 0 Å². The second-order valence-corrected chi connectivity index (χ2v) is 7.59. The molecular formula is C25H25LiO8. The van der Waals surface area contributed by atoms with Gasteiger partial charge in [-0.2, -0.15) is 19.2 Å². The molecule has 2 fully saturated rings. The van der Waals surface area contributed by atoms with Crippen molar-refractivity contribution >= 4 is 34.2 Å². The monoisotopic (exact) mass is 460 g/mol. The van der Waals surface area contributed by atoms with Gasteiger partial charge in [0.1, 0.15) is 22.7 Å². The maximum absolute atomic E-state index is 8.12. The zero-order valence-electron chi connectivity index (χ0n) is 19.1. The van der Waals surface area contributed by atoms with E-state index in [9.17, 15) is 0 Å². The topological polar surface area (TPSA) is 156 Å². The van der Waals surface area contributed by atoms with Crippen LogP contribution in [-0.2, 0) is 19.2 Å². The average molecular weight is 460 g/mol. The van der Waals surface area contributed by atoms with Crippen LogP contribution in [0.2, 0.25) is 0 Å². The van der Waals surface area contributed by atoms with E-state index in [-0.39, 0.29) is 42.1 Å². The molecule has 174 valence electrons. The van der Waals surface area contributed by atoms with Crippen LogP contribution in [0.1, 0.15) is 54.6 Å². The SMILES string of the molecule is Cc1ccc2oc(C3CC3)cc2c1.O.O=C=O.O=C=O.[Li+].[OH-].c1ccc2oc(C3CC3)cc2c1. The maximum atomic E-state index is 8.12. The smallest absolute Gasteiger partial charge is 0.870 e. The van der Waals surface area contributed by atoms with E-state index < -0.39 is 0 Å². The number of hydrogen-bond donors (Lipinski definition) is 0. The Morgan fingerprint density at radius 1 is 0.706 bits per heavy atom. The molecule has 2 aromatic heterocycles. The van der Waals surface area contributed by atoms with Gasteiger partial charge in [0.05, 0.1) is 0 Å². The van der Waals surface area contributed by atoms with Gasteiger partial charge in [-0.1, -0.05) is 29.8 Å². The summed E-state index contributed by atoms with van der Waals surface area (Å²) in [5, 5.41) is 2.49. The molecule has 3 N–H and O–H groups in total. The van der Waals surface area contributed by atoms with E-state index in [0.29, 0.717) is 5.92 Å². The number of rotatable bonds is 2. The molecule has 0 radical (unpaired) electrons. The molecule has 2 aliphatic rings. The van der Waals surface area contributed by atoms with Crippen molar-refractivity contribution in [3.8, 4) is 0 Å². The van der Waals surface area contributed by atoms with Crippen LogP contribution in [0.15, 0.2) is 63.4 Å². The van der Waals surface area contributed by atoms with E-state index in [0.717, 1.165) is 17.1 Å². The predicted molar refractivity (Wildman–Crippen MR) is 117 cm³/mol. The van der Waals surface area contributed by atoms with Gasteiger partial charge < -0.3 is 19.8 Å². The molecule has 0 saturated heterocycles. The van der Waals surface area contributed by atoms with E-state index in [1.54, 1.807) is 0 Å². The third-order valence-corrected chi connectivity index (χ3v) is 5.09. The van der Waals surface area contributed by atoms with Gasteiger partial charge in [-0.3, -0.25) is 0 Å². The number of aryl methyl sites for hydroxylation is 1. The van der Waals surface area contributed by atoms with Crippen molar-refractivity contribution in [2.75, 3.05) is 0 Å². The van der Waals surface area contributed by atoms with E-state index >= 15 is 0 Å². The van der Waals surface area contributed by atoms with E-state index in [2.05, 4.69) is 49.4 Å². The largest absolute Gasteiger partial charge is 1.00 e. The first kappa shape index (κ1) is 30.8. The summed E-state index contributed by atoms with van der Waals surface area (Å²) >= 11 is 0. The van der Waals surface area contributed by atoms with Crippen LogP contribution in [-0.4, -0.2) is 23.3 Å². The third-order valence-electron chi connectivity index (χ3n) is 5.09. The summed E-state index contributed by atoms with van der Waals surface area (Å²) in [5.41, 5.74) is 3.36. The summed E-state index contributed by atoms with van der Waals surface area (Å²) in [4.78, 5) is 32.5. The molecule has 2 aliphatic carbocycles. The molecule has 6 rings (SSSR count). The molecule has 8 nitrogen and oxygen atoms in total. The quantitative estimate of drug-likeness (QED) is 0.413. The number of fused-ring (bicyclic) bond motifs is 2. The average Bonchev–Trinajstić information content (AvgIpc) is 3.69. The Kier molecular flexibility index (Phi) is 13.4. The zero-order valence-corrected chi connectivity index (χ0v) is 19.1. The Bertz CT molecular complexity index is 1180. The van der Waals surface area contributed by atoms with Crippen molar-refractivity contribution in [2.24, 2.45) is 0 Å². The van der Waals surface area contributed by atoms with Gasteiger partial charge in [-0.05, 0) is 62.9 Å². The molecule has 0 unspecified atom stereocenters. The van der Waals surface area contributed by atoms with Gasteiger partial charge in [0.25, 0.3) is 0 Å². The van der Waals surface area contributed by atoms with Crippen LogP contribution in [0.5, 0.6) is 0 Å². The zero-order chi connectivity index (χ0) is 22.2. The van der Waals surface area contributed by atoms with E-state index in [4.69, 9.17) is 28.0 Å². The fourth-order valence-corrected chi connectivity index (χ4v) is 3.32. The fourth-order valence-electron chi connectivity index (χ4n) is 3.32. The Balaban J connectivity index is 0.000000488. The van der Waals surface area contributed by atoms with E-state index in [1.165, 1.54) is 53.5 Å². The first-order chi connectivity index (χ1) is 15.1. The Morgan fingerprint density at radius 2 is 1.15 bits per heavy atom. The minimum Gasteiger partial charge on any atom is -0.870 e. The standard InChI is InChI=1S/C12H12O.C11H10O.2CO2.Li.2H2O/c1-8-2-5-11-10(6-8)7-12(13-11)9-3-4-9;1-2-4-10-9(3-1)7-11(12-10)8-5-6-8;2*2-1-3;;;/h2,5-7,9H,3-4H2,1H3;1-4,7-8H,5-6H2;;;;2*1H2/q;;;;+1;;/p-1. The number of benzene rings is 2. The molecule has 2 heterocycles. The summed E-state index contributed by atoms with van der Waals surface area (Å²) in [6.07, 6.45) is 5.72. The molecule has 0 spiro atoms. The molecule has 34 heavy (non-hydrogen) atoms. The summed E-state index contributed by atoms with van der Waals surface area (Å²) in [5.74, 6) is 3.79. The molecule has 0 atom stereocenters. The van der Waals surface area contributed by atoms with Gasteiger partial charge in [0, 0.05) is 22.6 Å². The van der Waals surface area contributed by atoms with Crippen LogP contribution in [0.25, 0.3) is 21.9 Å². The van der Waals surface area contributed by atoms with Crippen LogP contribution < -0.4 is 18.9 Å². The van der Waals surface area contributed by atoms with Gasteiger partial charge in [-0.15, -0.1) is 0 Å². The second kappa shape index (κ2) is 14.8. The predicted octanol–water partition coefficient (Wildman–Crippen LogP) is 1.76. The Labute approximate surface area is 208 Å². The number of para-hydroxylation sites is 1. The van der Waals surface area contributed by atoms with Crippen LogP contribution in [0.3, 0.4) is 0 Å². The molecule has 0 amide bonds. The van der Waals surface area contributed by atoms with Gasteiger partial charge >= 0.3 is 31.2 Å². The van der Waals surface area contributed by atoms with Crippen LogP contribution >= 0.6 is 0 Å². The van der Waals surface area contributed by atoms with Crippen molar-refractivity contribution < 1.29 is 57.8 Å². The van der Waals surface area contributed by atoms with Crippen molar-refractivity contribution in [3.05, 3.63) is 71.7 Å². The third kappa shape index (κ3) is 8.62. The molecular weight excluding hydrogens is 435 g/mol. The molecule has 0 aliphatic heterocycles. The molecule has 9 heteroatoms. The summed E-state index contributed by atoms with van der Waals surface area (Å²) < 4.78 is 11.4. The number of carbonyl (C=O) groups excluding carboxylic acids is 4. The summed E-state index contributed by atoms with van der Waals surface area (Å²) in [7, 11) is 0. The van der Waals surface area contributed by atoms with Crippen molar-refractivity contribution in [3.63, 3.8) is 0 Å². The Hall–Kier alpha value is -3.20. The van der Waals surface area contributed by atoms with Crippen molar-refractivity contribution in [2.45, 2.75) is 44.4 Å². The molecule has 2 saturated carbocycles. The maximum Gasteiger partial charge on any atom is 1.00 e. The van der Waals surface area contributed by atoms with Crippen LogP contribution in [0, 0.1) is 6.92 Å². The minimum absolute atomic E-state index is 0. The van der Waals surface area contributed by atoms with E-state index in [1.807, 2.05) is 12.1 Å². The summed E-state index contributed by atoms with van der Waals surface area (Å²) in [6, 6.07) is 18.9. The van der Waals surface area contributed by atoms with Crippen molar-refractivity contribution in [1.82, 2.24) is 0 Å². The normalized spacial score (nSPS) is 12.9. The first-order valence-electron chi connectivity index (χ1n) is 10.1. The fraction of sp³-hybridized carbons (Fsp3) is 0.280. The molecule has 2 aromatic carbocycles. The molecule has 4 aromatic rings. The van der Waals surface area contributed by atoms with Crippen LogP contribution in [0.4, 0.5) is 0 Å². The minimum atomic E-state index is 0. The number of hydrogen-bond acceptors (Lipinski definition) is 7. The van der Waals surface area contributed by atoms with Gasteiger partial charge in [-0.25, -0.2) is 0 Å². The Morgan fingerprint density at radius 3 is 1.62 bits per heavy atom. The molecule has 0 bridgehead atoms. The first-order valence-corrected chi connectivity index (χ1v) is 10.1. The number of furan rings is 2. The summed E-state index contributed by atoms with van der Waals surface area (Å²) in [6.45, 7) is 2.11.